The molecule has 9 N–H and O–H groups in total. The lowest BCUT2D eigenvalue weighted by Gasteiger charge is -2.40. The fourth-order valence-electron chi connectivity index (χ4n) is 5.75. The first-order valence-corrected chi connectivity index (χ1v) is 18.4. The molecule has 1 rings (SSSR count). The average molecular weight is 805 g/mol. The van der Waals surface area contributed by atoms with Crippen molar-refractivity contribution in [1.29, 1.82) is 0 Å². The first-order valence-electron chi connectivity index (χ1n) is 18.4. The van der Waals surface area contributed by atoms with E-state index in [1.165, 1.54) is 20.8 Å². The van der Waals surface area contributed by atoms with E-state index >= 15 is 0 Å². The lowest BCUT2D eigenvalue weighted by atomic mass is 9.83. The maximum Gasteiger partial charge on any atom is 0.305 e. The molecule has 0 bridgehead atoms. The summed E-state index contributed by atoms with van der Waals surface area (Å²) in [6.45, 7) is 9.83. The van der Waals surface area contributed by atoms with Crippen molar-refractivity contribution in [3.8, 4) is 0 Å². The average Bonchev–Trinajstić information content (AvgIpc) is 3.09. The molecule has 19 nitrogen and oxygen atoms in total. The number of amides is 6. The Kier molecular flexibility index (Phi) is 20.2. The standard InChI is InChI=1S/C38H56N6O13/c1-21(2)18-26(34(54)40-16-9-17-45)42-36(56)32(38(4,5)6)44(28(46)13-15-30(49)50)37(57)27(19-23-11-8-7-10-22(23)3)43-35(55)25(12-14-29(47)48)41-33(53)24(39)20-31(51)52/h7-8,10-11,17,21,24-27,32H,9,12-16,18-20,39H2,1-6H3,(H,40,54)(H,41,53)(H,42,56)(H,43,55)(H,47,48)(H,49,50)(H,51,52)/t24-,25-,26-,27-,32+/m0/s1. The molecule has 0 aromatic heterocycles. The number of carbonyl (C=O) groups is 10. The Morgan fingerprint density at radius 2 is 1.35 bits per heavy atom. The van der Waals surface area contributed by atoms with Crippen molar-refractivity contribution in [3.05, 3.63) is 35.4 Å². The summed E-state index contributed by atoms with van der Waals surface area (Å²) in [4.78, 5) is 129. The first kappa shape index (κ1) is 49.3. The maximum absolute atomic E-state index is 14.9. The summed E-state index contributed by atoms with van der Waals surface area (Å²) in [5.74, 6) is -10.4. The van der Waals surface area contributed by atoms with Crippen molar-refractivity contribution >= 4 is 59.6 Å². The number of benzene rings is 1. The van der Waals surface area contributed by atoms with E-state index in [1.807, 2.05) is 0 Å². The monoisotopic (exact) mass is 804 g/mol. The number of nitrogens with zero attached hydrogens (tertiary/aromatic N) is 1. The molecule has 19 heteroatoms. The lowest BCUT2D eigenvalue weighted by Crippen LogP contribution is -2.64. The van der Waals surface area contributed by atoms with Gasteiger partial charge in [0.15, 0.2) is 0 Å². The third kappa shape index (κ3) is 17.3. The Morgan fingerprint density at radius 3 is 1.88 bits per heavy atom. The van der Waals surface area contributed by atoms with Crippen molar-refractivity contribution in [2.45, 2.75) is 123 Å². The number of rotatable bonds is 24. The highest BCUT2D eigenvalue weighted by molar-refractivity contribution is 6.05. The van der Waals surface area contributed by atoms with Crippen molar-refractivity contribution in [3.63, 3.8) is 0 Å². The zero-order valence-electron chi connectivity index (χ0n) is 33.2. The van der Waals surface area contributed by atoms with Gasteiger partial charge in [0, 0.05) is 32.2 Å². The molecule has 0 fully saturated rings. The van der Waals surface area contributed by atoms with Gasteiger partial charge in [0.2, 0.25) is 29.5 Å². The summed E-state index contributed by atoms with van der Waals surface area (Å²) in [6.07, 6.45) is -3.11. The smallest absolute Gasteiger partial charge is 0.305 e. The number of carboxylic acids is 3. The fraction of sp³-hybridized carbons (Fsp3) is 0.579. The molecule has 5 atom stereocenters. The third-order valence-corrected chi connectivity index (χ3v) is 8.60. The van der Waals surface area contributed by atoms with E-state index < -0.39 is 121 Å². The van der Waals surface area contributed by atoms with E-state index in [0.29, 0.717) is 22.3 Å². The molecule has 6 amide bonds. The SMILES string of the molecule is Cc1ccccc1C[C@H](NC(=O)[C@H](CCC(=O)O)NC(=O)[C@@H](N)CC(=O)O)C(=O)N(C(=O)CCC(=O)O)[C@H](C(=O)N[C@@H](CC(C)C)C(=O)NCCC=O)C(C)(C)C. The summed E-state index contributed by atoms with van der Waals surface area (Å²) in [5, 5.41) is 37.7. The van der Waals surface area contributed by atoms with Gasteiger partial charge in [-0.1, -0.05) is 58.9 Å². The minimum atomic E-state index is -1.71. The second-order valence-corrected chi connectivity index (χ2v) is 15.1. The van der Waals surface area contributed by atoms with Crippen LogP contribution in [0.25, 0.3) is 0 Å². The number of aldehydes is 1. The van der Waals surface area contributed by atoms with Crippen molar-refractivity contribution in [1.82, 2.24) is 26.2 Å². The van der Waals surface area contributed by atoms with Crippen molar-refractivity contribution < 1.29 is 63.3 Å². The van der Waals surface area contributed by atoms with Crippen LogP contribution in [-0.2, 0) is 54.4 Å². The molecule has 0 heterocycles. The van der Waals surface area contributed by atoms with Crippen LogP contribution in [-0.4, -0.2) is 117 Å². The molecule has 0 unspecified atom stereocenters. The molecule has 57 heavy (non-hydrogen) atoms. The molecule has 0 saturated heterocycles. The van der Waals surface area contributed by atoms with Gasteiger partial charge in [0.05, 0.1) is 18.9 Å². The van der Waals surface area contributed by atoms with Crippen LogP contribution in [0.4, 0.5) is 0 Å². The molecule has 0 aliphatic heterocycles. The van der Waals surface area contributed by atoms with Crippen LogP contribution in [0.3, 0.4) is 0 Å². The minimum Gasteiger partial charge on any atom is -0.481 e. The van der Waals surface area contributed by atoms with E-state index in [0.717, 1.165) is 0 Å². The zero-order chi connectivity index (χ0) is 43.6. The second-order valence-electron chi connectivity index (χ2n) is 15.1. The van der Waals surface area contributed by atoms with Gasteiger partial charge in [-0.05, 0) is 42.2 Å². The largest absolute Gasteiger partial charge is 0.481 e. The Morgan fingerprint density at radius 1 is 0.772 bits per heavy atom. The molecule has 0 aliphatic carbocycles. The molecule has 1 aromatic carbocycles. The summed E-state index contributed by atoms with van der Waals surface area (Å²) < 4.78 is 0. The van der Waals surface area contributed by atoms with E-state index in [9.17, 15) is 58.2 Å². The van der Waals surface area contributed by atoms with Gasteiger partial charge in [-0.15, -0.1) is 0 Å². The van der Waals surface area contributed by atoms with Crippen LogP contribution in [0, 0.1) is 18.3 Å². The van der Waals surface area contributed by atoms with Gasteiger partial charge < -0.3 is 47.1 Å². The van der Waals surface area contributed by atoms with Crippen molar-refractivity contribution in [2.75, 3.05) is 6.54 Å². The Hall–Kier alpha value is -5.72. The quantitative estimate of drug-likeness (QED) is 0.0506. The number of carbonyl (C=O) groups excluding carboxylic acids is 7. The predicted octanol–water partition coefficient (Wildman–Crippen LogP) is 0.0447. The number of nitrogens with two attached hydrogens (primary N) is 1. The molecule has 0 saturated carbocycles. The van der Waals surface area contributed by atoms with E-state index in [4.69, 9.17) is 10.8 Å². The summed E-state index contributed by atoms with van der Waals surface area (Å²) in [6, 6.07) is -1.24. The molecular weight excluding hydrogens is 748 g/mol. The summed E-state index contributed by atoms with van der Waals surface area (Å²) in [5.41, 5.74) is 5.52. The van der Waals surface area contributed by atoms with E-state index in [1.54, 1.807) is 45.0 Å². The molecule has 0 spiro atoms. The fourth-order valence-corrected chi connectivity index (χ4v) is 5.75. The predicted molar refractivity (Wildman–Crippen MR) is 203 cm³/mol. The van der Waals surface area contributed by atoms with Gasteiger partial charge in [-0.3, -0.25) is 48.1 Å². The Labute approximate surface area is 330 Å². The van der Waals surface area contributed by atoms with Crippen LogP contribution >= 0.6 is 0 Å². The van der Waals surface area contributed by atoms with Crippen LogP contribution in [0.1, 0.15) is 90.7 Å². The normalized spacial score (nSPS) is 13.8. The number of nitrogens with one attached hydrogen (secondary N) is 4. The highest BCUT2D eigenvalue weighted by Gasteiger charge is 2.46. The maximum atomic E-state index is 14.9. The van der Waals surface area contributed by atoms with Crippen molar-refractivity contribution in [2.24, 2.45) is 17.1 Å². The lowest BCUT2D eigenvalue weighted by molar-refractivity contribution is -0.159. The van der Waals surface area contributed by atoms with Gasteiger partial charge in [-0.25, -0.2) is 0 Å². The molecule has 316 valence electrons. The molecule has 0 aliphatic rings. The topological polar surface area (TPSA) is 309 Å². The minimum absolute atomic E-state index is 0.00302. The second kappa shape index (κ2) is 23.4. The highest BCUT2D eigenvalue weighted by atomic mass is 16.4. The molecule has 0 radical (unpaired) electrons. The van der Waals surface area contributed by atoms with E-state index in [2.05, 4.69) is 21.3 Å². The number of hydrogen-bond donors (Lipinski definition) is 8. The molecule has 1 aromatic rings. The number of carboxylic acid groups (broad SMARTS) is 3. The van der Waals surface area contributed by atoms with Crippen LogP contribution < -0.4 is 27.0 Å². The summed E-state index contributed by atoms with van der Waals surface area (Å²) >= 11 is 0. The number of aryl methyl sites for hydroxylation is 1. The Bertz CT molecular complexity index is 1640. The summed E-state index contributed by atoms with van der Waals surface area (Å²) in [7, 11) is 0. The molecular formula is C38H56N6O13. The zero-order valence-corrected chi connectivity index (χ0v) is 33.2. The Balaban J connectivity index is 3.91. The van der Waals surface area contributed by atoms with Gasteiger partial charge in [-0.2, -0.15) is 0 Å². The highest BCUT2D eigenvalue weighted by Crippen LogP contribution is 2.28. The first-order chi connectivity index (χ1) is 26.5. The van der Waals surface area contributed by atoms with Crippen LogP contribution in [0.15, 0.2) is 24.3 Å². The number of hydrogen-bond acceptors (Lipinski definition) is 11. The van der Waals surface area contributed by atoms with Gasteiger partial charge in [0.25, 0.3) is 5.91 Å². The van der Waals surface area contributed by atoms with Gasteiger partial charge >= 0.3 is 17.9 Å². The number of aliphatic carboxylic acids is 3. The van der Waals surface area contributed by atoms with E-state index in [-0.39, 0.29) is 31.7 Å². The van der Waals surface area contributed by atoms with Crippen LogP contribution in [0.5, 0.6) is 0 Å². The third-order valence-electron chi connectivity index (χ3n) is 8.60. The van der Waals surface area contributed by atoms with Gasteiger partial charge in [0.1, 0.15) is 30.5 Å². The van der Waals surface area contributed by atoms with Crippen LogP contribution in [0.2, 0.25) is 0 Å². The number of imide groups is 1.